The Morgan fingerprint density at radius 3 is 2.81 bits per heavy atom. The summed E-state index contributed by atoms with van der Waals surface area (Å²) >= 11 is 5.67. The minimum absolute atomic E-state index is 0.0420. The highest BCUT2D eigenvalue weighted by atomic mass is 35.5. The van der Waals surface area contributed by atoms with Crippen molar-refractivity contribution in [3.05, 3.63) is 40.8 Å². The fourth-order valence-corrected chi connectivity index (χ4v) is 2.06. The third-order valence-electron chi connectivity index (χ3n) is 2.76. The fraction of sp³-hybridized carbons (Fsp3) is 0.286. The topological polar surface area (TPSA) is 59.0 Å². The lowest BCUT2D eigenvalue weighted by molar-refractivity contribution is 0.262. The van der Waals surface area contributed by atoms with Gasteiger partial charge in [-0.05, 0) is 31.5 Å². The van der Waals surface area contributed by atoms with E-state index in [0.717, 1.165) is 12.1 Å². The van der Waals surface area contributed by atoms with Gasteiger partial charge in [-0.15, -0.1) is 0 Å². The number of aromatic nitrogens is 2. The molecule has 2 rings (SSSR count). The summed E-state index contributed by atoms with van der Waals surface area (Å²) in [6.45, 7) is 4.60. The molecule has 0 unspecified atom stereocenters. The monoisotopic (exact) mass is 310 g/mol. The second kappa shape index (κ2) is 6.58. The van der Waals surface area contributed by atoms with Crippen molar-refractivity contribution >= 4 is 29.1 Å². The van der Waals surface area contributed by atoms with Crippen LogP contribution in [0.2, 0.25) is 5.02 Å². The van der Waals surface area contributed by atoms with E-state index >= 15 is 0 Å². The second-order valence-corrected chi connectivity index (χ2v) is 5.01. The Morgan fingerprint density at radius 2 is 2.14 bits per heavy atom. The van der Waals surface area contributed by atoms with Gasteiger partial charge in [0.1, 0.15) is 11.6 Å². The van der Waals surface area contributed by atoms with Crippen LogP contribution in [0.5, 0.6) is 0 Å². The number of anilines is 2. The fourth-order valence-electron chi connectivity index (χ4n) is 1.88. The van der Waals surface area contributed by atoms with E-state index in [9.17, 15) is 9.18 Å². The Labute approximate surface area is 127 Å². The zero-order valence-electron chi connectivity index (χ0n) is 11.8. The quantitative estimate of drug-likeness (QED) is 0.895. The third-order valence-corrected chi connectivity index (χ3v) is 3.05. The molecule has 2 aromatic rings. The number of carbonyl (C=O) groups is 1. The molecule has 2 amide bonds. The van der Waals surface area contributed by atoms with Crippen LogP contribution in [0, 0.1) is 12.7 Å². The Morgan fingerprint density at radius 1 is 1.38 bits per heavy atom. The van der Waals surface area contributed by atoms with Gasteiger partial charge in [-0.1, -0.05) is 18.5 Å². The summed E-state index contributed by atoms with van der Waals surface area (Å²) in [5.41, 5.74) is 1.24. The number of halogens is 2. The smallest absolute Gasteiger partial charge is 0.308 e. The van der Waals surface area contributed by atoms with Crippen molar-refractivity contribution in [3.63, 3.8) is 0 Å². The van der Waals surface area contributed by atoms with Gasteiger partial charge in [-0.25, -0.2) is 13.9 Å². The van der Waals surface area contributed by atoms with Crippen molar-refractivity contribution in [2.24, 2.45) is 0 Å². The van der Waals surface area contributed by atoms with Gasteiger partial charge in [0.15, 0.2) is 0 Å². The van der Waals surface area contributed by atoms with Crippen LogP contribution in [-0.2, 0) is 6.54 Å². The molecule has 0 fully saturated rings. The third kappa shape index (κ3) is 3.95. The number of benzene rings is 1. The molecule has 112 valence electrons. The van der Waals surface area contributed by atoms with Gasteiger partial charge in [-0.3, -0.25) is 5.32 Å². The molecule has 7 heteroatoms. The van der Waals surface area contributed by atoms with Crippen LogP contribution in [0.3, 0.4) is 0 Å². The van der Waals surface area contributed by atoms with Crippen molar-refractivity contribution in [3.8, 4) is 0 Å². The average molecular weight is 311 g/mol. The molecule has 0 aliphatic heterocycles. The molecule has 1 aromatic carbocycles. The summed E-state index contributed by atoms with van der Waals surface area (Å²) in [6.07, 6.45) is 0.908. The first kappa shape index (κ1) is 15.3. The van der Waals surface area contributed by atoms with Gasteiger partial charge in [0.25, 0.3) is 0 Å². The van der Waals surface area contributed by atoms with Gasteiger partial charge in [0.05, 0.1) is 10.7 Å². The van der Waals surface area contributed by atoms with Crippen LogP contribution in [0.15, 0.2) is 24.3 Å². The molecule has 0 radical (unpaired) electrons. The SMILES string of the molecule is CCCn1nc(C)cc1NC(=O)Nc1ccc(F)c(Cl)c1. The number of aryl methyl sites for hydroxylation is 2. The molecule has 0 bridgehead atoms. The number of carbonyl (C=O) groups excluding carboxylic acids is 1. The van der Waals surface area contributed by atoms with Crippen LogP contribution in [0.25, 0.3) is 0 Å². The highest BCUT2D eigenvalue weighted by molar-refractivity contribution is 6.31. The Bertz CT molecular complexity index is 656. The van der Waals surface area contributed by atoms with Gasteiger partial charge in [0.2, 0.25) is 0 Å². The number of hydrogen-bond donors (Lipinski definition) is 2. The van der Waals surface area contributed by atoms with Gasteiger partial charge in [0, 0.05) is 18.3 Å². The summed E-state index contributed by atoms with van der Waals surface area (Å²) in [7, 11) is 0. The van der Waals surface area contributed by atoms with E-state index in [1.165, 1.54) is 18.2 Å². The summed E-state index contributed by atoms with van der Waals surface area (Å²) in [4.78, 5) is 11.9. The molecular formula is C14H16ClFN4O. The minimum Gasteiger partial charge on any atom is -0.308 e. The predicted molar refractivity (Wildman–Crippen MR) is 81.3 cm³/mol. The van der Waals surface area contributed by atoms with Gasteiger partial charge in [-0.2, -0.15) is 5.10 Å². The zero-order valence-corrected chi connectivity index (χ0v) is 12.5. The number of urea groups is 1. The van der Waals surface area contributed by atoms with E-state index < -0.39 is 11.8 Å². The van der Waals surface area contributed by atoms with Crippen molar-refractivity contribution in [1.29, 1.82) is 0 Å². The first-order chi connectivity index (χ1) is 9.99. The second-order valence-electron chi connectivity index (χ2n) is 4.60. The van der Waals surface area contributed by atoms with Gasteiger partial charge < -0.3 is 5.32 Å². The maximum atomic E-state index is 13.1. The zero-order chi connectivity index (χ0) is 15.4. The predicted octanol–water partition coefficient (Wildman–Crippen LogP) is 4.04. The Kier molecular flexibility index (Phi) is 4.80. The van der Waals surface area contributed by atoms with Crippen molar-refractivity contribution in [2.75, 3.05) is 10.6 Å². The molecule has 5 nitrogen and oxygen atoms in total. The van der Waals surface area contributed by atoms with E-state index in [1.54, 1.807) is 10.7 Å². The molecule has 0 spiro atoms. The number of hydrogen-bond acceptors (Lipinski definition) is 2. The largest absolute Gasteiger partial charge is 0.324 e. The van der Waals surface area contributed by atoms with E-state index in [2.05, 4.69) is 15.7 Å². The van der Waals surface area contributed by atoms with E-state index in [0.29, 0.717) is 18.1 Å². The molecule has 0 atom stereocenters. The maximum absolute atomic E-state index is 13.1. The minimum atomic E-state index is -0.528. The van der Waals surface area contributed by atoms with E-state index in [4.69, 9.17) is 11.6 Å². The average Bonchev–Trinajstić information content (AvgIpc) is 2.74. The molecule has 0 aliphatic rings. The molecule has 0 saturated carbocycles. The molecule has 0 saturated heterocycles. The molecular weight excluding hydrogens is 295 g/mol. The van der Waals surface area contributed by atoms with Crippen LogP contribution in [0.4, 0.5) is 20.7 Å². The van der Waals surface area contributed by atoms with Crippen molar-refractivity contribution in [2.45, 2.75) is 26.8 Å². The Balaban J connectivity index is 2.06. The molecule has 1 heterocycles. The summed E-state index contributed by atoms with van der Waals surface area (Å²) in [6, 6.07) is 5.34. The van der Waals surface area contributed by atoms with Crippen LogP contribution >= 0.6 is 11.6 Å². The number of nitrogens with one attached hydrogen (secondary N) is 2. The lowest BCUT2D eigenvalue weighted by Crippen LogP contribution is -2.21. The maximum Gasteiger partial charge on any atom is 0.324 e. The summed E-state index contributed by atoms with van der Waals surface area (Å²) in [5.74, 6) is 0.0827. The van der Waals surface area contributed by atoms with E-state index in [-0.39, 0.29) is 5.02 Å². The van der Waals surface area contributed by atoms with Crippen LogP contribution in [-0.4, -0.2) is 15.8 Å². The van der Waals surface area contributed by atoms with Crippen LogP contribution in [0.1, 0.15) is 19.0 Å². The van der Waals surface area contributed by atoms with Gasteiger partial charge >= 0.3 is 6.03 Å². The summed E-state index contributed by atoms with van der Waals surface area (Å²) in [5, 5.41) is 9.55. The van der Waals surface area contributed by atoms with Crippen LogP contribution < -0.4 is 10.6 Å². The highest BCUT2D eigenvalue weighted by Crippen LogP contribution is 2.19. The molecule has 2 N–H and O–H groups in total. The molecule has 21 heavy (non-hydrogen) atoms. The van der Waals surface area contributed by atoms with E-state index in [1.807, 2.05) is 13.8 Å². The van der Waals surface area contributed by atoms with Crippen molar-refractivity contribution in [1.82, 2.24) is 9.78 Å². The summed E-state index contributed by atoms with van der Waals surface area (Å²) < 4.78 is 14.8. The normalized spacial score (nSPS) is 10.5. The number of rotatable bonds is 4. The first-order valence-electron chi connectivity index (χ1n) is 6.57. The number of nitrogens with zero attached hydrogens (tertiary/aromatic N) is 2. The Hall–Kier alpha value is -2.08. The highest BCUT2D eigenvalue weighted by Gasteiger charge is 2.10. The standard InChI is InChI=1S/C14H16ClFN4O/c1-3-6-20-13(7-9(2)19-20)18-14(21)17-10-4-5-12(16)11(15)8-10/h4-5,7-8H,3,6H2,1-2H3,(H2,17,18,21). The number of amides is 2. The lowest BCUT2D eigenvalue weighted by Gasteiger charge is -2.09. The lowest BCUT2D eigenvalue weighted by atomic mass is 10.3. The van der Waals surface area contributed by atoms with Crippen molar-refractivity contribution < 1.29 is 9.18 Å². The molecule has 1 aromatic heterocycles. The molecule has 0 aliphatic carbocycles. The first-order valence-corrected chi connectivity index (χ1v) is 6.95.